The summed E-state index contributed by atoms with van der Waals surface area (Å²) in [5.41, 5.74) is 6.80. The van der Waals surface area contributed by atoms with E-state index in [9.17, 15) is 27.5 Å². The van der Waals surface area contributed by atoms with Crippen LogP contribution < -0.4 is 24.6 Å². The zero-order valence-corrected chi connectivity index (χ0v) is 41.9. The smallest absolute Gasteiger partial charge is 0.293 e. The lowest BCUT2D eigenvalue weighted by Gasteiger charge is -2.39. The molecule has 19 heteroatoms. The van der Waals surface area contributed by atoms with Crippen LogP contribution in [0.15, 0.2) is 93.8 Å². The Morgan fingerprint density at radius 2 is 1.71 bits per heavy atom. The number of nitro benzene ring substituents is 1. The summed E-state index contributed by atoms with van der Waals surface area (Å²) in [6.45, 7) is 9.75. The van der Waals surface area contributed by atoms with Gasteiger partial charge in [-0.2, -0.15) is 4.98 Å². The molecule has 1 amide bonds. The summed E-state index contributed by atoms with van der Waals surface area (Å²) in [5.74, 6) is -0.301. The third-order valence-corrected chi connectivity index (χ3v) is 16.3. The molecule has 1 saturated carbocycles. The molecule has 16 nitrogen and oxygen atoms in total. The Morgan fingerprint density at radius 1 is 0.957 bits per heavy atom. The topological polar surface area (TPSA) is 195 Å². The predicted molar refractivity (Wildman–Crippen MR) is 274 cm³/mol. The number of aromatic amines is 1. The molecule has 0 unspecified atom stereocenters. The first-order chi connectivity index (χ1) is 32.9. The maximum atomic E-state index is 14.4. The summed E-state index contributed by atoms with van der Waals surface area (Å²) in [6.07, 6.45) is 11.4. The lowest BCUT2D eigenvalue weighted by molar-refractivity contribution is -0.384. The maximum Gasteiger partial charge on any atom is 0.293 e. The van der Waals surface area contributed by atoms with Crippen LogP contribution in [0.1, 0.15) is 74.7 Å². The average molecular weight is 999 g/mol. The highest BCUT2D eigenvalue weighted by atomic mass is 35.5. The number of fused-ring (bicyclic) bond motifs is 2. The fourth-order valence-corrected chi connectivity index (χ4v) is 12.2. The highest BCUT2D eigenvalue weighted by Gasteiger charge is 2.33. The van der Waals surface area contributed by atoms with Crippen LogP contribution in [-0.2, 0) is 19.8 Å². The van der Waals surface area contributed by atoms with Crippen LogP contribution in [0.4, 0.5) is 28.4 Å². The van der Waals surface area contributed by atoms with Crippen molar-refractivity contribution < 1.29 is 27.1 Å². The van der Waals surface area contributed by atoms with Crippen molar-refractivity contribution >= 4 is 82.3 Å². The third-order valence-electron chi connectivity index (χ3n) is 13.9. The molecule has 366 valence electrons. The number of ether oxygens (including phenoxy) is 1. The zero-order chi connectivity index (χ0) is 48.7. The number of benzene rings is 3. The molecule has 0 radical (unpaired) electrons. The van der Waals surface area contributed by atoms with Crippen molar-refractivity contribution in [3.63, 3.8) is 0 Å². The number of anilines is 4. The Labute approximate surface area is 409 Å². The van der Waals surface area contributed by atoms with E-state index in [2.05, 4.69) is 55.2 Å². The van der Waals surface area contributed by atoms with Gasteiger partial charge in [-0.1, -0.05) is 43.2 Å². The van der Waals surface area contributed by atoms with Gasteiger partial charge in [0.05, 0.1) is 33.7 Å². The van der Waals surface area contributed by atoms with E-state index in [-0.39, 0.29) is 35.2 Å². The monoisotopic (exact) mass is 997 g/mol. The normalized spacial score (nSPS) is 20.0. The molecule has 5 aromatic rings. The number of halogens is 1. The van der Waals surface area contributed by atoms with Crippen molar-refractivity contribution in [2.24, 2.45) is 15.7 Å². The zero-order valence-electron chi connectivity index (χ0n) is 39.5. The van der Waals surface area contributed by atoms with Gasteiger partial charge in [-0.15, -0.1) is 0 Å². The molecule has 3 aromatic carbocycles. The van der Waals surface area contributed by atoms with Gasteiger partial charge in [-0.25, -0.2) is 17.5 Å². The van der Waals surface area contributed by atoms with Crippen molar-refractivity contribution in [3.05, 3.63) is 111 Å². The number of nitrogens with zero attached hydrogens (tertiary/aromatic N) is 6. The number of aromatic nitrogens is 2. The van der Waals surface area contributed by atoms with Gasteiger partial charge >= 0.3 is 0 Å². The molecule has 69 heavy (non-hydrogen) atoms. The van der Waals surface area contributed by atoms with Crippen LogP contribution in [0.5, 0.6) is 5.88 Å². The van der Waals surface area contributed by atoms with Gasteiger partial charge in [-0.3, -0.25) is 24.0 Å². The molecular weight excluding hydrogens is 938 g/mol. The van der Waals surface area contributed by atoms with E-state index < -0.39 is 41.2 Å². The predicted octanol–water partition coefficient (Wildman–Crippen LogP) is 9.26. The number of hydrogen-bond donors (Lipinski definition) is 3. The van der Waals surface area contributed by atoms with Crippen LogP contribution in [-0.4, -0.2) is 109 Å². The van der Waals surface area contributed by atoms with E-state index in [0.717, 1.165) is 99.8 Å². The van der Waals surface area contributed by atoms with Gasteiger partial charge in [0.1, 0.15) is 23.6 Å². The molecule has 4 heterocycles. The fraction of sp³-hybridized carbons (Fsp3) is 0.440. The first kappa shape index (κ1) is 48.3. The van der Waals surface area contributed by atoms with Crippen LogP contribution in [0, 0.1) is 21.4 Å². The second-order valence-corrected chi connectivity index (χ2v) is 24.5. The third kappa shape index (κ3) is 11.2. The molecule has 2 fully saturated rings. The minimum Gasteiger partial charge on any atom is -0.474 e. The summed E-state index contributed by atoms with van der Waals surface area (Å²) in [4.78, 5) is 40.2. The molecule has 1 saturated heterocycles. The van der Waals surface area contributed by atoms with Gasteiger partial charge in [0.15, 0.2) is 0 Å². The van der Waals surface area contributed by atoms with E-state index in [1.54, 1.807) is 24.8 Å². The quantitative estimate of drug-likeness (QED) is 0.0749. The van der Waals surface area contributed by atoms with Crippen LogP contribution in [0.25, 0.3) is 16.6 Å². The van der Waals surface area contributed by atoms with Crippen molar-refractivity contribution in [1.82, 2.24) is 19.6 Å². The van der Waals surface area contributed by atoms with Crippen LogP contribution >= 0.6 is 11.6 Å². The number of allylic oxidation sites excluding steroid dienone is 1. The largest absolute Gasteiger partial charge is 0.474 e. The van der Waals surface area contributed by atoms with Crippen LogP contribution in [0.3, 0.4) is 0 Å². The van der Waals surface area contributed by atoms with Crippen molar-refractivity contribution in [2.75, 3.05) is 80.0 Å². The van der Waals surface area contributed by atoms with E-state index in [0.29, 0.717) is 36.0 Å². The Balaban J connectivity index is 0.946. The molecule has 2 aliphatic carbocycles. The molecule has 2 aliphatic heterocycles. The standard InChI is InChI=1S/C50H60ClN9O7S2/c1-50(2)19-17-36(42(30-50)34-7-9-37(51)10-8-34)32-57-21-23-58(24-22-57)39-13-15-41(44(28-39)59-25-26-67-49-46(59)27-35-18-20-52-47(35)54-49)48(61)56-69(65,66)40-14-16-43(45(29-40)60(62)63)53-31-33-5-11-38(12-6-33)55-68(3,4)64/h7-10,13-16,18,20,27-29,33,38,53H,5-6,11-12,17,19,21-26,30-32H2,1-4H3,(H,52,54)(H,56,61). The number of carbonyl (C=O) groups is 1. The second kappa shape index (κ2) is 19.6. The molecule has 2 aromatic heterocycles. The maximum absolute atomic E-state index is 14.4. The fourth-order valence-electron chi connectivity index (χ4n) is 10.2. The molecule has 3 N–H and O–H groups in total. The molecule has 0 spiro atoms. The molecule has 0 bridgehead atoms. The number of piperazine rings is 1. The summed E-state index contributed by atoms with van der Waals surface area (Å²) in [6, 6.07) is 21.1. The van der Waals surface area contributed by atoms with Crippen molar-refractivity contribution in [3.8, 4) is 5.88 Å². The highest BCUT2D eigenvalue weighted by molar-refractivity contribution is 7.92. The Kier molecular flexibility index (Phi) is 13.7. The number of rotatable bonds is 13. The number of H-pyrrole nitrogens is 1. The Hall–Kier alpha value is -5.69. The van der Waals surface area contributed by atoms with Gasteiger partial charge in [0.2, 0.25) is 5.88 Å². The van der Waals surface area contributed by atoms with E-state index in [1.165, 1.54) is 28.8 Å². The number of pyridine rings is 1. The lowest BCUT2D eigenvalue weighted by atomic mass is 9.72. The second-order valence-electron chi connectivity index (χ2n) is 19.8. The summed E-state index contributed by atoms with van der Waals surface area (Å²) >= 11 is 6.27. The number of hydrogen-bond acceptors (Lipinski definition) is 13. The minimum atomic E-state index is -4.60. The van der Waals surface area contributed by atoms with Crippen LogP contribution in [0.2, 0.25) is 5.02 Å². The van der Waals surface area contributed by atoms with Gasteiger partial charge in [0.25, 0.3) is 21.6 Å². The number of amides is 1. The van der Waals surface area contributed by atoms with E-state index in [1.807, 2.05) is 41.3 Å². The first-order valence-electron chi connectivity index (χ1n) is 23.6. The first-order valence-corrected chi connectivity index (χ1v) is 27.8. The molecular formula is C50H60ClN9O7S2. The van der Waals surface area contributed by atoms with Gasteiger partial charge in [0, 0.05) is 89.9 Å². The Bertz CT molecular complexity index is 3030. The van der Waals surface area contributed by atoms with E-state index in [4.69, 9.17) is 21.3 Å². The number of nitrogens with one attached hydrogen (secondary N) is 3. The summed E-state index contributed by atoms with van der Waals surface area (Å²) in [5, 5.41) is 17.1. The lowest BCUT2D eigenvalue weighted by Crippen LogP contribution is -2.47. The van der Waals surface area contributed by atoms with Crippen molar-refractivity contribution in [2.45, 2.75) is 69.7 Å². The number of nitro groups is 1. The average Bonchev–Trinajstić information content (AvgIpc) is 3.78. The molecule has 9 rings (SSSR count). The number of carbonyl (C=O) groups excluding carboxylic acids is 1. The van der Waals surface area contributed by atoms with Crippen molar-refractivity contribution in [1.29, 1.82) is 0 Å². The number of sulfonamides is 1. The van der Waals surface area contributed by atoms with E-state index >= 15 is 0 Å². The highest BCUT2D eigenvalue weighted by Crippen LogP contribution is 2.44. The molecule has 0 atom stereocenters. The SMILES string of the molecule is CC1(C)CCC(CN2CCN(c3ccc(C(=O)NS(=O)(=O)c4ccc(NCC5CCC(N=S(C)(C)=O)CC5)c([N+](=O)[O-])c4)c(N4CCOc5nc6[nH]ccc6cc54)c3)CC2)=C(c2ccc(Cl)cc2)C1. The van der Waals surface area contributed by atoms with Gasteiger partial charge in [-0.05, 0) is 122 Å². The minimum absolute atomic E-state index is 0.0319. The van der Waals surface area contributed by atoms with Gasteiger partial charge < -0.3 is 24.8 Å². The molecule has 4 aliphatic rings. The summed E-state index contributed by atoms with van der Waals surface area (Å²) < 4.78 is 52.9. The Morgan fingerprint density at radius 3 is 2.43 bits per heavy atom. The summed E-state index contributed by atoms with van der Waals surface area (Å²) in [7, 11) is -6.80.